The summed E-state index contributed by atoms with van der Waals surface area (Å²) in [6.45, 7) is 3.86. The van der Waals surface area contributed by atoms with Gasteiger partial charge in [-0.2, -0.15) is 0 Å². The van der Waals surface area contributed by atoms with E-state index in [1.165, 1.54) is 36.7 Å². The number of fused-ring (bicyclic) bond motifs is 1. The summed E-state index contributed by atoms with van der Waals surface area (Å²) in [6, 6.07) is 8.91. The Morgan fingerprint density at radius 1 is 1.15 bits per heavy atom. The van der Waals surface area contributed by atoms with Crippen LogP contribution in [0.25, 0.3) is 11.0 Å². The number of ketones is 1. The maximum Gasteiger partial charge on any atom is 0.262 e. The van der Waals surface area contributed by atoms with Crippen molar-refractivity contribution in [1.82, 2.24) is 14.5 Å². The minimum Gasteiger partial charge on any atom is -0.383 e. The molecule has 2 aromatic heterocycles. The molecule has 0 atom stereocenters. The van der Waals surface area contributed by atoms with Crippen LogP contribution in [0.1, 0.15) is 35.8 Å². The molecule has 0 amide bonds. The van der Waals surface area contributed by atoms with E-state index in [0.29, 0.717) is 11.0 Å². The van der Waals surface area contributed by atoms with E-state index in [1.807, 2.05) is 13.8 Å². The number of carbonyl (C=O) groups excluding carboxylic acids is 1. The number of hydrogen-bond donors (Lipinski definition) is 2. The van der Waals surface area contributed by atoms with Crippen molar-refractivity contribution in [3.05, 3.63) is 77.0 Å². The van der Waals surface area contributed by atoms with Crippen LogP contribution < -0.4 is 10.5 Å². The van der Waals surface area contributed by atoms with Crippen molar-refractivity contribution in [3.8, 4) is 0 Å². The van der Waals surface area contributed by atoms with Crippen LogP contribution in [0.3, 0.4) is 0 Å². The summed E-state index contributed by atoms with van der Waals surface area (Å²) in [5.41, 5.74) is 6.81. The topological polar surface area (TPSA) is 120 Å². The monoisotopic (exact) mass is 487 g/mol. The number of nitrogens with zero attached hydrogens (tertiary/aromatic N) is 3. The fourth-order valence-corrected chi connectivity index (χ4v) is 4.86. The van der Waals surface area contributed by atoms with Gasteiger partial charge in [0.05, 0.1) is 26.6 Å². The number of halogens is 2. The van der Waals surface area contributed by atoms with Crippen LogP contribution in [0.2, 0.25) is 5.02 Å². The molecule has 0 saturated carbocycles. The van der Waals surface area contributed by atoms with Gasteiger partial charge < -0.3 is 10.3 Å². The number of anilines is 2. The second-order valence-electron chi connectivity index (χ2n) is 7.56. The molecule has 3 N–H and O–H groups in total. The first kappa shape index (κ1) is 22.7. The standard InChI is InChI=1S/C22H19ClFN5O3S/c1-12(2)29-10-16(18-21(25)26-11-27-22(18)29)20(30)15-7-4-8-17(19(15)23)28-33(31,32)14-6-3-5-13(24)9-14/h3-12,28H,1-2H3,(H2,25,26,27). The van der Waals surface area contributed by atoms with Crippen LogP contribution in [0, 0.1) is 5.82 Å². The lowest BCUT2D eigenvalue weighted by molar-refractivity contribution is 0.104. The quantitative estimate of drug-likeness (QED) is 0.388. The zero-order chi connectivity index (χ0) is 23.9. The molecule has 170 valence electrons. The Kier molecular flexibility index (Phi) is 5.81. The number of sulfonamides is 1. The minimum absolute atomic E-state index is 0.0109. The maximum absolute atomic E-state index is 13.5. The average Bonchev–Trinajstić information content (AvgIpc) is 3.16. The SMILES string of the molecule is CC(C)n1cc(C(=O)c2cccc(NS(=O)(=O)c3cccc(F)c3)c2Cl)c2c(N)ncnc21. The molecule has 0 fully saturated rings. The molecule has 0 bridgehead atoms. The number of aromatic nitrogens is 3. The van der Waals surface area contributed by atoms with E-state index >= 15 is 0 Å². The number of rotatable bonds is 6. The molecule has 8 nitrogen and oxygen atoms in total. The molecule has 4 aromatic rings. The first-order chi connectivity index (χ1) is 15.6. The van der Waals surface area contributed by atoms with Crippen molar-refractivity contribution in [2.45, 2.75) is 24.8 Å². The molecule has 0 spiro atoms. The predicted molar refractivity (Wildman–Crippen MR) is 124 cm³/mol. The molecular formula is C22H19ClFN5O3S. The molecule has 0 radical (unpaired) electrons. The molecular weight excluding hydrogens is 469 g/mol. The van der Waals surface area contributed by atoms with Crippen molar-refractivity contribution >= 4 is 49.9 Å². The van der Waals surface area contributed by atoms with Gasteiger partial charge in [0.15, 0.2) is 5.78 Å². The van der Waals surface area contributed by atoms with E-state index in [2.05, 4.69) is 14.7 Å². The number of nitrogen functional groups attached to an aromatic ring is 1. The van der Waals surface area contributed by atoms with Gasteiger partial charge in [0.25, 0.3) is 10.0 Å². The number of nitrogens with one attached hydrogen (secondary N) is 1. The molecule has 33 heavy (non-hydrogen) atoms. The molecule has 11 heteroatoms. The molecule has 0 aliphatic carbocycles. The Balaban J connectivity index is 1.78. The van der Waals surface area contributed by atoms with Crippen molar-refractivity contribution in [2.75, 3.05) is 10.5 Å². The summed E-state index contributed by atoms with van der Waals surface area (Å²) in [7, 11) is -4.14. The van der Waals surface area contributed by atoms with Crippen molar-refractivity contribution in [3.63, 3.8) is 0 Å². The Morgan fingerprint density at radius 3 is 2.58 bits per heavy atom. The Labute approximate surface area is 194 Å². The van der Waals surface area contributed by atoms with Gasteiger partial charge in [0.1, 0.15) is 23.6 Å². The molecule has 0 saturated heterocycles. The fourth-order valence-electron chi connectivity index (χ4n) is 3.44. The zero-order valence-electron chi connectivity index (χ0n) is 17.6. The number of hydrogen-bond acceptors (Lipinski definition) is 6. The predicted octanol–water partition coefficient (Wildman–Crippen LogP) is 4.42. The van der Waals surface area contributed by atoms with Crippen LogP contribution in [-0.4, -0.2) is 28.7 Å². The second kappa shape index (κ2) is 8.45. The van der Waals surface area contributed by atoms with Gasteiger partial charge in [-0.3, -0.25) is 9.52 Å². The van der Waals surface area contributed by atoms with E-state index in [9.17, 15) is 17.6 Å². The highest BCUT2D eigenvalue weighted by Gasteiger charge is 2.25. The first-order valence-corrected chi connectivity index (χ1v) is 11.7. The minimum atomic E-state index is -4.14. The highest BCUT2D eigenvalue weighted by molar-refractivity contribution is 7.92. The van der Waals surface area contributed by atoms with Gasteiger partial charge in [0.2, 0.25) is 0 Å². The van der Waals surface area contributed by atoms with E-state index < -0.39 is 21.6 Å². The summed E-state index contributed by atoms with van der Waals surface area (Å²) in [5, 5.41) is 0.279. The second-order valence-corrected chi connectivity index (χ2v) is 9.62. The molecule has 2 heterocycles. The van der Waals surface area contributed by atoms with Crippen molar-refractivity contribution in [2.24, 2.45) is 0 Å². The lowest BCUT2D eigenvalue weighted by Crippen LogP contribution is -2.14. The highest BCUT2D eigenvalue weighted by Crippen LogP contribution is 2.33. The van der Waals surface area contributed by atoms with Crippen LogP contribution in [0.4, 0.5) is 15.9 Å². The van der Waals surface area contributed by atoms with E-state index in [4.69, 9.17) is 17.3 Å². The van der Waals surface area contributed by atoms with Crippen molar-refractivity contribution < 1.29 is 17.6 Å². The molecule has 4 rings (SSSR count). The van der Waals surface area contributed by atoms with Gasteiger partial charge >= 0.3 is 0 Å². The summed E-state index contributed by atoms with van der Waals surface area (Å²) in [5.74, 6) is -1.03. The smallest absolute Gasteiger partial charge is 0.262 e. The summed E-state index contributed by atoms with van der Waals surface area (Å²) in [4.78, 5) is 21.4. The van der Waals surface area contributed by atoms with Crippen LogP contribution in [0.5, 0.6) is 0 Å². The number of carbonyl (C=O) groups is 1. The third kappa shape index (κ3) is 4.14. The highest BCUT2D eigenvalue weighted by atomic mass is 35.5. The largest absolute Gasteiger partial charge is 0.383 e. The Bertz CT molecular complexity index is 1500. The summed E-state index contributed by atoms with van der Waals surface area (Å²) < 4.78 is 43.0. The maximum atomic E-state index is 13.5. The lowest BCUT2D eigenvalue weighted by Gasteiger charge is -2.12. The zero-order valence-corrected chi connectivity index (χ0v) is 19.2. The third-order valence-corrected chi connectivity index (χ3v) is 6.80. The van der Waals surface area contributed by atoms with E-state index in [-0.39, 0.29) is 38.6 Å². The van der Waals surface area contributed by atoms with E-state index in [1.54, 1.807) is 10.8 Å². The average molecular weight is 488 g/mol. The van der Waals surface area contributed by atoms with Gasteiger partial charge in [0, 0.05) is 17.8 Å². The van der Waals surface area contributed by atoms with Crippen molar-refractivity contribution in [1.29, 1.82) is 0 Å². The van der Waals surface area contributed by atoms with Gasteiger partial charge in [-0.15, -0.1) is 0 Å². The fraction of sp³-hybridized carbons (Fsp3) is 0.136. The molecule has 0 unspecified atom stereocenters. The Hall–Kier alpha value is -3.50. The summed E-state index contributed by atoms with van der Waals surface area (Å²) in [6.07, 6.45) is 2.95. The van der Waals surface area contributed by atoms with Crippen LogP contribution in [0.15, 0.2) is 59.9 Å². The number of benzene rings is 2. The lowest BCUT2D eigenvalue weighted by atomic mass is 10.0. The van der Waals surface area contributed by atoms with Crippen LogP contribution >= 0.6 is 11.6 Å². The number of nitrogens with two attached hydrogens (primary N) is 1. The molecule has 0 aliphatic heterocycles. The van der Waals surface area contributed by atoms with Crippen LogP contribution in [-0.2, 0) is 10.0 Å². The molecule has 2 aromatic carbocycles. The summed E-state index contributed by atoms with van der Waals surface area (Å²) >= 11 is 6.45. The first-order valence-electron chi connectivity index (χ1n) is 9.82. The van der Waals surface area contributed by atoms with Gasteiger partial charge in [-0.05, 0) is 44.2 Å². The molecule has 0 aliphatic rings. The normalized spacial score (nSPS) is 11.8. The third-order valence-electron chi connectivity index (χ3n) is 5.03. The van der Waals surface area contributed by atoms with Gasteiger partial charge in [-0.1, -0.05) is 23.7 Å². The van der Waals surface area contributed by atoms with E-state index in [0.717, 1.165) is 12.1 Å². The van der Waals surface area contributed by atoms with Gasteiger partial charge in [-0.25, -0.2) is 22.8 Å². The Morgan fingerprint density at radius 2 is 1.88 bits per heavy atom.